The van der Waals surface area contributed by atoms with Crippen LogP contribution in [0, 0.1) is 0 Å². The van der Waals surface area contributed by atoms with E-state index in [1.165, 1.54) is 0 Å². The number of pyridine rings is 1. The van der Waals surface area contributed by atoms with Crippen molar-refractivity contribution in [3.63, 3.8) is 0 Å². The maximum Gasteiger partial charge on any atom is 0.255 e. The quantitative estimate of drug-likeness (QED) is 0.717. The van der Waals surface area contributed by atoms with Crippen LogP contribution in [0.2, 0.25) is 0 Å². The van der Waals surface area contributed by atoms with E-state index in [1.54, 1.807) is 37.6 Å². The molecule has 126 valence electrons. The van der Waals surface area contributed by atoms with Crippen molar-refractivity contribution >= 4 is 17.3 Å². The standard InChI is InChI=1S/C20H19N3O2/c1-25-19-6-2-5-16(12-19)20(24)23-18-9-7-17(8-10-18)22-14-15-4-3-11-21-13-15/h2-13,22H,14H2,1H3,(H,23,24). The summed E-state index contributed by atoms with van der Waals surface area (Å²) in [5.74, 6) is 0.484. The molecule has 0 aliphatic heterocycles. The topological polar surface area (TPSA) is 63.2 Å². The van der Waals surface area contributed by atoms with Crippen molar-refractivity contribution in [2.75, 3.05) is 17.7 Å². The maximum absolute atomic E-state index is 12.3. The minimum atomic E-state index is -0.171. The molecule has 0 fully saturated rings. The van der Waals surface area contributed by atoms with Gasteiger partial charge in [-0.15, -0.1) is 0 Å². The number of nitrogens with zero attached hydrogens (tertiary/aromatic N) is 1. The van der Waals surface area contributed by atoms with Gasteiger partial charge in [0.05, 0.1) is 7.11 Å². The molecular weight excluding hydrogens is 314 g/mol. The number of amides is 1. The molecule has 1 aromatic heterocycles. The monoisotopic (exact) mass is 333 g/mol. The second kappa shape index (κ2) is 7.97. The fraction of sp³-hybridized carbons (Fsp3) is 0.100. The van der Waals surface area contributed by atoms with Crippen molar-refractivity contribution in [2.45, 2.75) is 6.54 Å². The number of aromatic nitrogens is 1. The molecule has 0 aliphatic rings. The Bertz CT molecular complexity index is 833. The Labute approximate surface area is 146 Å². The van der Waals surface area contributed by atoms with Gasteiger partial charge in [0, 0.05) is 35.9 Å². The molecular formula is C20H19N3O2. The minimum absolute atomic E-state index is 0.171. The number of anilines is 2. The molecule has 1 heterocycles. The molecule has 0 atom stereocenters. The van der Waals surface area contributed by atoms with Crippen LogP contribution >= 0.6 is 0 Å². The number of nitrogens with one attached hydrogen (secondary N) is 2. The number of rotatable bonds is 6. The molecule has 0 unspecified atom stereocenters. The molecule has 3 rings (SSSR count). The van der Waals surface area contributed by atoms with Crippen molar-refractivity contribution in [2.24, 2.45) is 0 Å². The fourth-order valence-corrected chi connectivity index (χ4v) is 2.35. The zero-order valence-corrected chi connectivity index (χ0v) is 13.9. The Morgan fingerprint density at radius 1 is 1.04 bits per heavy atom. The van der Waals surface area contributed by atoms with Gasteiger partial charge in [-0.25, -0.2) is 0 Å². The van der Waals surface area contributed by atoms with Gasteiger partial charge in [0.1, 0.15) is 5.75 Å². The molecule has 0 saturated carbocycles. The SMILES string of the molecule is COc1cccc(C(=O)Nc2ccc(NCc3cccnc3)cc2)c1. The number of carbonyl (C=O) groups excluding carboxylic acids is 1. The van der Waals surface area contributed by atoms with Gasteiger partial charge in [-0.3, -0.25) is 9.78 Å². The molecule has 0 bridgehead atoms. The Morgan fingerprint density at radius 2 is 1.84 bits per heavy atom. The van der Waals surface area contributed by atoms with E-state index in [0.717, 1.165) is 16.9 Å². The summed E-state index contributed by atoms with van der Waals surface area (Å²) in [7, 11) is 1.58. The van der Waals surface area contributed by atoms with Gasteiger partial charge in [0.2, 0.25) is 0 Å². The largest absolute Gasteiger partial charge is 0.497 e. The predicted molar refractivity (Wildman–Crippen MR) is 99.0 cm³/mol. The molecule has 25 heavy (non-hydrogen) atoms. The highest BCUT2D eigenvalue weighted by atomic mass is 16.5. The second-order valence-electron chi connectivity index (χ2n) is 5.48. The van der Waals surface area contributed by atoms with E-state index in [-0.39, 0.29) is 5.91 Å². The molecule has 1 amide bonds. The highest BCUT2D eigenvalue weighted by Crippen LogP contribution is 2.17. The number of methoxy groups -OCH3 is 1. The van der Waals surface area contributed by atoms with Crippen LogP contribution in [0.5, 0.6) is 5.75 Å². The molecule has 2 aromatic carbocycles. The average Bonchev–Trinajstić information content (AvgIpc) is 2.68. The first kappa shape index (κ1) is 16.5. The van der Waals surface area contributed by atoms with Crippen LogP contribution < -0.4 is 15.4 Å². The van der Waals surface area contributed by atoms with Crippen molar-refractivity contribution < 1.29 is 9.53 Å². The normalized spacial score (nSPS) is 10.1. The van der Waals surface area contributed by atoms with Gasteiger partial charge in [-0.1, -0.05) is 12.1 Å². The Kier molecular flexibility index (Phi) is 5.26. The van der Waals surface area contributed by atoms with Crippen molar-refractivity contribution in [3.8, 4) is 5.75 Å². The summed E-state index contributed by atoms with van der Waals surface area (Å²) < 4.78 is 5.14. The molecule has 0 saturated heterocycles. The average molecular weight is 333 g/mol. The van der Waals surface area contributed by atoms with E-state index >= 15 is 0 Å². The van der Waals surface area contributed by atoms with Gasteiger partial charge in [0.25, 0.3) is 5.91 Å². The van der Waals surface area contributed by atoms with Crippen LogP contribution in [0.3, 0.4) is 0 Å². The molecule has 0 aliphatic carbocycles. The smallest absolute Gasteiger partial charge is 0.255 e. The van der Waals surface area contributed by atoms with Gasteiger partial charge in [-0.05, 0) is 54.1 Å². The third-order valence-electron chi connectivity index (χ3n) is 3.69. The third kappa shape index (κ3) is 4.57. The van der Waals surface area contributed by atoms with Gasteiger partial charge in [-0.2, -0.15) is 0 Å². The van der Waals surface area contributed by atoms with E-state index in [2.05, 4.69) is 15.6 Å². The Morgan fingerprint density at radius 3 is 2.56 bits per heavy atom. The van der Waals surface area contributed by atoms with Crippen molar-refractivity contribution in [1.29, 1.82) is 0 Å². The lowest BCUT2D eigenvalue weighted by atomic mass is 10.2. The first-order chi connectivity index (χ1) is 12.2. The number of benzene rings is 2. The molecule has 5 nitrogen and oxygen atoms in total. The summed E-state index contributed by atoms with van der Waals surface area (Å²) in [6, 6.07) is 18.6. The summed E-state index contributed by atoms with van der Waals surface area (Å²) in [6.07, 6.45) is 3.58. The molecule has 0 spiro atoms. The zero-order chi connectivity index (χ0) is 17.5. The van der Waals surface area contributed by atoms with Crippen LogP contribution in [0.4, 0.5) is 11.4 Å². The van der Waals surface area contributed by atoms with E-state index in [0.29, 0.717) is 17.9 Å². The summed E-state index contributed by atoms with van der Waals surface area (Å²) in [6.45, 7) is 0.698. The van der Waals surface area contributed by atoms with E-state index in [9.17, 15) is 4.79 Å². The first-order valence-corrected chi connectivity index (χ1v) is 7.93. The summed E-state index contributed by atoms with van der Waals surface area (Å²) in [5.41, 5.74) is 3.37. The third-order valence-corrected chi connectivity index (χ3v) is 3.69. The number of hydrogen-bond acceptors (Lipinski definition) is 4. The minimum Gasteiger partial charge on any atom is -0.497 e. The van der Waals surface area contributed by atoms with E-state index in [4.69, 9.17) is 4.74 Å². The summed E-state index contributed by atoms with van der Waals surface area (Å²) in [4.78, 5) is 16.4. The maximum atomic E-state index is 12.3. The van der Waals surface area contributed by atoms with Crippen LogP contribution in [0.15, 0.2) is 73.1 Å². The molecule has 5 heteroatoms. The van der Waals surface area contributed by atoms with Crippen molar-refractivity contribution in [1.82, 2.24) is 4.98 Å². The zero-order valence-electron chi connectivity index (χ0n) is 13.9. The van der Waals surface area contributed by atoms with Crippen LogP contribution in [-0.4, -0.2) is 18.0 Å². The second-order valence-corrected chi connectivity index (χ2v) is 5.48. The van der Waals surface area contributed by atoms with Gasteiger partial charge < -0.3 is 15.4 Å². The highest BCUT2D eigenvalue weighted by Gasteiger charge is 2.07. The Hall–Kier alpha value is -3.34. The number of carbonyl (C=O) groups is 1. The van der Waals surface area contributed by atoms with Gasteiger partial charge >= 0.3 is 0 Å². The fourth-order valence-electron chi connectivity index (χ4n) is 2.35. The van der Waals surface area contributed by atoms with E-state index in [1.807, 2.05) is 42.6 Å². The van der Waals surface area contributed by atoms with E-state index < -0.39 is 0 Å². The molecule has 0 radical (unpaired) electrons. The van der Waals surface area contributed by atoms with Gasteiger partial charge in [0.15, 0.2) is 0 Å². The van der Waals surface area contributed by atoms with Crippen molar-refractivity contribution in [3.05, 3.63) is 84.2 Å². The lowest BCUT2D eigenvalue weighted by molar-refractivity contribution is 0.102. The summed E-state index contributed by atoms with van der Waals surface area (Å²) in [5, 5.41) is 6.20. The number of hydrogen-bond donors (Lipinski definition) is 2. The molecule has 2 N–H and O–H groups in total. The number of ether oxygens (including phenoxy) is 1. The van der Waals surface area contributed by atoms with Crippen LogP contribution in [0.25, 0.3) is 0 Å². The first-order valence-electron chi connectivity index (χ1n) is 7.93. The molecule has 3 aromatic rings. The lowest BCUT2D eigenvalue weighted by Gasteiger charge is -2.09. The highest BCUT2D eigenvalue weighted by molar-refractivity contribution is 6.04. The predicted octanol–water partition coefficient (Wildman–Crippen LogP) is 3.95. The van der Waals surface area contributed by atoms with Crippen LogP contribution in [-0.2, 0) is 6.54 Å². The summed E-state index contributed by atoms with van der Waals surface area (Å²) >= 11 is 0. The lowest BCUT2D eigenvalue weighted by Crippen LogP contribution is -2.11. The van der Waals surface area contributed by atoms with Crippen LogP contribution in [0.1, 0.15) is 15.9 Å². The Balaban J connectivity index is 1.59.